The minimum Gasteiger partial charge on any atom is -0.452 e. The molecular weight excluding hydrogens is 228 g/mol. The Bertz CT molecular complexity index is 322. The fraction of sp³-hybridized carbons (Fsp3) is 0.455. The number of hydrogen-bond acceptors (Lipinski definition) is 6. The van der Waals surface area contributed by atoms with Gasteiger partial charge in [-0.3, -0.25) is 0 Å². The summed E-state index contributed by atoms with van der Waals surface area (Å²) < 4.78 is 9.29. The molecule has 0 aliphatic carbocycles. The van der Waals surface area contributed by atoms with E-state index in [1.165, 1.54) is 13.8 Å². The molecule has 6 nitrogen and oxygen atoms in total. The van der Waals surface area contributed by atoms with Gasteiger partial charge in [0.25, 0.3) is 5.79 Å². The lowest BCUT2D eigenvalue weighted by Crippen LogP contribution is -2.54. The molecule has 0 aromatic heterocycles. The van der Waals surface area contributed by atoms with Crippen LogP contribution in [0.25, 0.3) is 0 Å². The van der Waals surface area contributed by atoms with Crippen molar-refractivity contribution in [1.29, 1.82) is 0 Å². The summed E-state index contributed by atoms with van der Waals surface area (Å²) in [5, 5.41) is 19.3. The Balaban J connectivity index is 4.92. The van der Waals surface area contributed by atoms with Crippen LogP contribution in [0.3, 0.4) is 0 Å². The fourth-order valence-electron chi connectivity index (χ4n) is 1.02. The zero-order valence-electron chi connectivity index (χ0n) is 9.75. The van der Waals surface area contributed by atoms with E-state index in [9.17, 15) is 19.8 Å². The Kier molecular flexibility index (Phi) is 5.57. The van der Waals surface area contributed by atoms with Gasteiger partial charge in [0.2, 0.25) is 0 Å². The normalized spacial score (nSPS) is 17.2. The molecule has 17 heavy (non-hydrogen) atoms. The second-order valence-electron chi connectivity index (χ2n) is 3.34. The average Bonchev–Trinajstić information content (AvgIpc) is 2.27. The molecule has 0 rings (SSSR count). The van der Waals surface area contributed by atoms with E-state index >= 15 is 0 Å². The first-order valence-electron chi connectivity index (χ1n) is 4.86. The highest BCUT2D eigenvalue weighted by molar-refractivity contribution is 5.82. The van der Waals surface area contributed by atoms with Crippen molar-refractivity contribution in [3.05, 3.63) is 25.3 Å². The van der Waals surface area contributed by atoms with Crippen LogP contribution in [0.5, 0.6) is 0 Å². The summed E-state index contributed by atoms with van der Waals surface area (Å²) in [6, 6.07) is 0. The quantitative estimate of drug-likeness (QED) is 0.385. The predicted octanol–water partition coefficient (Wildman–Crippen LogP) is -0.0973. The smallest absolute Gasteiger partial charge is 0.332 e. The van der Waals surface area contributed by atoms with E-state index in [0.29, 0.717) is 0 Å². The zero-order valence-corrected chi connectivity index (χ0v) is 9.75. The summed E-state index contributed by atoms with van der Waals surface area (Å²) in [5.74, 6) is -4.11. The highest BCUT2D eigenvalue weighted by Gasteiger charge is 2.45. The molecule has 0 spiro atoms. The summed E-state index contributed by atoms with van der Waals surface area (Å²) in [7, 11) is 0. The van der Waals surface area contributed by atoms with Crippen molar-refractivity contribution in [3.8, 4) is 0 Å². The van der Waals surface area contributed by atoms with Crippen LogP contribution in [0.15, 0.2) is 25.3 Å². The molecule has 0 bridgehead atoms. The number of esters is 2. The maximum absolute atomic E-state index is 11.0. The van der Waals surface area contributed by atoms with Gasteiger partial charge in [-0.25, -0.2) is 9.59 Å². The first-order valence-corrected chi connectivity index (χ1v) is 4.86. The number of carbonyl (C=O) groups is 2. The van der Waals surface area contributed by atoms with Crippen LogP contribution in [0.4, 0.5) is 0 Å². The van der Waals surface area contributed by atoms with Crippen molar-refractivity contribution in [2.24, 2.45) is 0 Å². The van der Waals surface area contributed by atoms with Crippen LogP contribution in [-0.2, 0) is 19.1 Å². The van der Waals surface area contributed by atoms with Crippen LogP contribution in [-0.4, -0.2) is 40.1 Å². The zero-order chi connectivity index (χ0) is 13.6. The van der Waals surface area contributed by atoms with Crippen LogP contribution in [0.1, 0.15) is 13.8 Å². The van der Waals surface area contributed by atoms with Crippen LogP contribution in [0.2, 0.25) is 0 Å². The Morgan fingerprint density at radius 3 is 2.06 bits per heavy atom. The Morgan fingerprint density at radius 2 is 1.71 bits per heavy atom. The topological polar surface area (TPSA) is 93.1 Å². The predicted molar refractivity (Wildman–Crippen MR) is 58.7 cm³/mol. The highest BCUT2D eigenvalue weighted by Crippen LogP contribution is 2.21. The lowest BCUT2D eigenvalue weighted by Gasteiger charge is -2.34. The van der Waals surface area contributed by atoms with Gasteiger partial charge in [-0.05, 0) is 13.8 Å². The van der Waals surface area contributed by atoms with Crippen LogP contribution in [0, 0.1) is 0 Å². The first-order chi connectivity index (χ1) is 7.77. The number of ether oxygens (including phenoxy) is 2. The van der Waals surface area contributed by atoms with E-state index in [2.05, 4.69) is 17.9 Å². The van der Waals surface area contributed by atoms with Crippen molar-refractivity contribution in [2.75, 3.05) is 0 Å². The van der Waals surface area contributed by atoms with Crippen molar-refractivity contribution in [2.45, 2.75) is 31.8 Å². The van der Waals surface area contributed by atoms with Crippen molar-refractivity contribution in [3.63, 3.8) is 0 Å². The average molecular weight is 244 g/mol. The Labute approximate surface area is 99.1 Å². The van der Waals surface area contributed by atoms with Gasteiger partial charge in [0.05, 0.1) is 0 Å². The lowest BCUT2D eigenvalue weighted by molar-refractivity contribution is -0.280. The second kappa shape index (κ2) is 6.17. The molecule has 0 aliphatic heterocycles. The van der Waals surface area contributed by atoms with E-state index < -0.39 is 29.9 Å². The van der Waals surface area contributed by atoms with E-state index in [4.69, 9.17) is 4.74 Å². The summed E-state index contributed by atoms with van der Waals surface area (Å²) in [6.45, 7) is 8.78. The standard InChI is InChI=1S/C11H16O6/c1-5-9(13)16-8(4)11(15,7(3)12)17-10(14)6-2/h5-8,12,15H,1-2H2,3-4H3. The molecule has 96 valence electrons. The minimum absolute atomic E-state index is 0.814. The summed E-state index contributed by atoms with van der Waals surface area (Å²) in [4.78, 5) is 22.0. The number of aliphatic hydroxyl groups excluding tert-OH is 1. The minimum atomic E-state index is -2.34. The van der Waals surface area contributed by atoms with E-state index in [-0.39, 0.29) is 0 Å². The number of aliphatic hydroxyl groups is 2. The van der Waals surface area contributed by atoms with Gasteiger partial charge < -0.3 is 19.7 Å². The summed E-state index contributed by atoms with van der Waals surface area (Å²) >= 11 is 0. The molecule has 0 radical (unpaired) electrons. The van der Waals surface area contributed by atoms with E-state index in [1.54, 1.807) is 0 Å². The maximum Gasteiger partial charge on any atom is 0.332 e. The molecule has 0 saturated carbocycles. The van der Waals surface area contributed by atoms with Gasteiger partial charge in [-0.2, -0.15) is 0 Å². The molecule has 3 atom stereocenters. The van der Waals surface area contributed by atoms with Gasteiger partial charge >= 0.3 is 11.9 Å². The van der Waals surface area contributed by atoms with Gasteiger partial charge in [0.15, 0.2) is 6.10 Å². The van der Waals surface area contributed by atoms with Crippen molar-refractivity contribution in [1.82, 2.24) is 0 Å². The van der Waals surface area contributed by atoms with Crippen molar-refractivity contribution >= 4 is 11.9 Å². The Hall–Kier alpha value is -1.66. The third kappa shape index (κ3) is 4.01. The monoisotopic (exact) mass is 244 g/mol. The fourth-order valence-corrected chi connectivity index (χ4v) is 1.02. The molecule has 0 saturated heterocycles. The van der Waals surface area contributed by atoms with Gasteiger partial charge in [0, 0.05) is 12.2 Å². The van der Waals surface area contributed by atoms with Crippen LogP contribution < -0.4 is 0 Å². The van der Waals surface area contributed by atoms with Crippen molar-refractivity contribution < 1.29 is 29.3 Å². The molecule has 0 aromatic carbocycles. The van der Waals surface area contributed by atoms with E-state index in [0.717, 1.165) is 12.2 Å². The molecular formula is C11H16O6. The third-order valence-corrected chi connectivity index (χ3v) is 2.07. The van der Waals surface area contributed by atoms with Gasteiger partial charge in [0.1, 0.15) is 6.10 Å². The SMILES string of the molecule is C=CC(=O)OC(C)C(O)(OC(=O)C=C)C(C)O. The molecule has 0 fully saturated rings. The van der Waals surface area contributed by atoms with Gasteiger partial charge in [-0.15, -0.1) is 0 Å². The van der Waals surface area contributed by atoms with Crippen LogP contribution >= 0.6 is 0 Å². The molecule has 3 unspecified atom stereocenters. The number of rotatable bonds is 6. The summed E-state index contributed by atoms with van der Waals surface area (Å²) in [5.41, 5.74) is 0. The van der Waals surface area contributed by atoms with E-state index in [1.807, 2.05) is 0 Å². The van der Waals surface area contributed by atoms with Gasteiger partial charge in [-0.1, -0.05) is 13.2 Å². The molecule has 6 heteroatoms. The molecule has 0 aromatic rings. The molecule has 0 amide bonds. The highest BCUT2D eigenvalue weighted by atomic mass is 16.7. The Morgan fingerprint density at radius 1 is 1.24 bits per heavy atom. The number of carbonyl (C=O) groups excluding carboxylic acids is 2. The summed E-state index contributed by atoms with van der Waals surface area (Å²) in [6.07, 6.45) is -1.03. The first kappa shape index (κ1) is 15.3. The molecule has 2 N–H and O–H groups in total. The second-order valence-corrected chi connectivity index (χ2v) is 3.34. The third-order valence-electron chi connectivity index (χ3n) is 2.07. The maximum atomic E-state index is 11.0. The number of hydrogen-bond donors (Lipinski definition) is 2. The molecule has 0 aliphatic rings. The largest absolute Gasteiger partial charge is 0.452 e. The lowest BCUT2D eigenvalue weighted by atomic mass is 10.1. The molecule has 0 heterocycles.